The van der Waals surface area contributed by atoms with Gasteiger partial charge in [-0.15, -0.1) is 0 Å². The van der Waals surface area contributed by atoms with Gasteiger partial charge in [0.05, 0.1) is 5.56 Å². The van der Waals surface area contributed by atoms with Crippen LogP contribution in [-0.4, -0.2) is 31.3 Å². The molecule has 0 saturated heterocycles. The Kier molecular flexibility index (Phi) is 4.96. The highest BCUT2D eigenvalue weighted by Gasteiger charge is 2.10. The first kappa shape index (κ1) is 14.3. The van der Waals surface area contributed by atoms with Crippen molar-refractivity contribution in [3.63, 3.8) is 0 Å². The highest BCUT2D eigenvalue weighted by atomic mass is 16.5. The van der Waals surface area contributed by atoms with Crippen molar-refractivity contribution in [2.45, 2.75) is 12.8 Å². The van der Waals surface area contributed by atoms with Crippen molar-refractivity contribution in [1.82, 2.24) is 0 Å². The fourth-order valence-corrected chi connectivity index (χ4v) is 2.23. The van der Waals surface area contributed by atoms with E-state index < -0.39 is 5.97 Å². The molecular formula is C16H19NO3. The minimum Gasteiger partial charge on any atom is -0.478 e. The molecule has 0 saturated carbocycles. The summed E-state index contributed by atoms with van der Waals surface area (Å²) >= 11 is 0. The Morgan fingerprint density at radius 2 is 1.90 bits per heavy atom. The van der Waals surface area contributed by atoms with E-state index in [2.05, 4.69) is 5.32 Å². The molecule has 0 fully saturated rings. The normalized spacial score (nSPS) is 10.7. The monoisotopic (exact) mass is 273 g/mol. The van der Waals surface area contributed by atoms with Gasteiger partial charge in [0.2, 0.25) is 0 Å². The number of anilines is 1. The van der Waals surface area contributed by atoms with Crippen LogP contribution in [0.4, 0.5) is 5.69 Å². The quantitative estimate of drug-likeness (QED) is 0.759. The molecule has 2 rings (SSSR count). The number of rotatable bonds is 7. The zero-order chi connectivity index (χ0) is 14.4. The molecule has 0 aliphatic rings. The molecule has 0 radical (unpaired) electrons. The highest BCUT2D eigenvalue weighted by Crippen LogP contribution is 2.26. The molecular weight excluding hydrogens is 254 g/mol. The zero-order valence-electron chi connectivity index (χ0n) is 11.6. The van der Waals surface area contributed by atoms with Crippen molar-refractivity contribution in [3.05, 3.63) is 42.0 Å². The number of carboxylic acids is 1. The Bertz CT molecular complexity index is 595. The molecule has 0 heterocycles. The summed E-state index contributed by atoms with van der Waals surface area (Å²) in [6.45, 7) is 1.61. The Hall–Kier alpha value is -2.07. The van der Waals surface area contributed by atoms with Crippen molar-refractivity contribution < 1.29 is 14.6 Å². The number of fused-ring (bicyclic) bond motifs is 1. The van der Waals surface area contributed by atoms with E-state index in [4.69, 9.17) is 4.74 Å². The summed E-state index contributed by atoms with van der Waals surface area (Å²) in [4.78, 5) is 11.2. The van der Waals surface area contributed by atoms with E-state index in [-0.39, 0.29) is 0 Å². The lowest BCUT2D eigenvalue weighted by Gasteiger charge is -2.11. The maximum Gasteiger partial charge on any atom is 0.336 e. The average Bonchev–Trinajstić information content (AvgIpc) is 2.46. The van der Waals surface area contributed by atoms with Gasteiger partial charge in [-0.25, -0.2) is 4.79 Å². The number of benzene rings is 2. The van der Waals surface area contributed by atoms with Gasteiger partial charge in [0.1, 0.15) is 0 Å². The summed E-state index contributed by atoms with van der Waals surface area (Å²) in [5, 5.41) is 14.3. The van der Waals surface area contributed by atoms with E-state index in [1.54, 1.807) is 13.2 Å². The molecule has 0 aliphatic heterocycles. The van der Waals surface area contributed by atoms with Gasteiger partial charge in [-0.3, -0.25) is 0 Å². The first-order valence-electron chi connectivity index (χ1n) is 6.72. The molecule has 2 aromatic carbocycles. The van der Waals surface area contributed by atoms with Crippen molar-refractivity contribution in [2.75, 3.05) is 25.6 Å². The van der Waals surface area contributed by atoms with Gasteiger partial charge in [-0.1, -0.05) is 24.3 Å². The zero-order valence-corrected chi connectivity index (χ0v) is 11.6. The van der Waals surface area contributed by atoms with Crippen LogP contribution in [0.1, 0.15) is 23.2 Å². The Labute approximate surface area is 118 Å². The lowest BCUT2D eigenvalue weighted by atomic mass is 10.0. The van der Waals surface area contributed by atoms with Gasteiger partial charge >= 0.3 is 5.97 Å². The second kappa shape index (κ2) is 6.91. The molecule has 4 nitrogen and oxygen atoms in total. The first-order chi connectivity index (χ1) is 9.74. The number of unbranched alkanes of at least 4 members (excludes halogenated alkanes) is 1. The number of carboxylic acid groups (broad SMARTS) is 1. The third-order valence-electron chi connectivity index (χ3n) is 3.25. The van der Waals surface area contributed by atoms with E-state index in [0.29, 0.717) is 5.56 Å². The molecule has 0 aliphatic carbocycles. The SMILES string of the molecule is COCCCCNc1ccc(C(=O)O)c2ccccc12. The van der Waals surface area contributed by atoms with Crippen LogP contribution in [0.15, 0.2) is 36.4 Å². The van der Waals surface area contributed by atoms with Crippen LogP contribution in [0.25, 0.3) is 10.8 Å². The predicted molar refractivity (Wildman–Crippen MR) is 80.5 cm³/mol. The molecule has 0 aromatic heterocycles. The summed E-state index contributed by atoms with van der Waals surface area (Å²) in [5.41, 5.74) is 1.31. The van der Waals surface area contributed by atoms with Gasteiger partial charge in [0.15, 0.2) is 0 Å². The summed E-state index contributed by atoms with van der Waals surface area (Å²) in [5.74, 6) is -0.896. The largest absolute Gasteiger partial charge is 0.478 e. The standard InChI is InChI=1S/C16H19NO3/c1-20-11-5-4-10-17-15-9-8-14(16(18)19)12-6-2-3-7-13(12)15/h2-3,6-9,17H,4-5,10-11H2,1H3,(H,18,19). The maximum atomic E-state index is 11.2. The van der Waals surface area contributed by atoms with E-state index >= 15 is 0 Å². The minimum absolute atomic E-state index is 0.338. The fourth-order valence-electron chi connectivity index (χ4n) is 2.23. The predicted octanol–water partition coefficient (Wildman–Crippen LogP) is 3.38. The average molecular weight is 273 g/mol. The van der Waals surface area contributed by atoms with Crippen LogP contribution < -0.4 is 5.32 Å². The Morgan fingerprint density at radius 1 is 1.15 bits per heavy atom. The Balaban J connectivity index is 2.18. The first-order valence-corrected chi connectivity index (χ1v) is 6.72. The number of ether oxygens (including phenoxy) is 1. The van der Waals surface area contributed by atoms with Crippen molar-refractivity contribution in [1.29, 1.82) is 0 Å². The lowest BCUT2D eigenvalue weighted by Crippen LogP contribution is -2.05. The number of hydrogen-bond donors (Lipinski definition) is 2. The number of methoxy groups -OCH3 is 1. The second-order valence-electron chi connectivity index (χ2n) is 4.64. The molecule has 2 N–H and O–H groups in total. The molecule has 0 spiro atoms. The van der Waals surface area contributed by atoms with Crippen molar-refractivity contribution in [2.24, 2.45) is 0 Å². The van der Waals surface area contributed by atoms with Crippen LogP contribution in [0.2, 0.25) is 0 Å². The third-order valence-corrected chi connectivity index (χ3v) is 3.25. The van der Waals surface area contributed by atoms with Gasteiger partial charge in [0, 0.05) is 31.3 Å². The van der Waals surface area contributed by atoms with E-state index in [1.807, 2.05) is 30.3 Å². The van der Waals surface area contributed by atoms with Crippen molar-refractivity contribution in [3.8, 4) is 0 Å². The second-order valence-corrected chi connectivity index (χ2v) is 4.64. The fraction of sp³-hybridized carbons (Fsp3) is 0.312. The van der Waals surface area contributed by atoms with Crippen LogP contribution in [-0.2, 0) is 4.74 Å². The van der Waals surface area contributed by atoms with Gasteiger partial charge < -0.3 is 15.2 Å². The summed E-state index contributed by atoms with van der Waals surface area (Å²) in [6, 6.07) is 11.1. The molecule has 20 heavy (non-hydrogen) atoms. The van der Waals surface area contributed by atoms with E-state index in [9.17, 15) is 9.90 Å². The van der Waals surface area contributed by atoms with Crippen LogP contribution in [0, 0.1) is 0 Å². The maximum absolute atomic E-state index is 11.2. The summed E-state index contributed by atoms with van der Waals surface area (Å²) in [7, 11) is 1.70. The third kappa shape index (κ3) is 3.27. The molecule has 0 amide bonds. The molecule has 0 atom stereocenters. The topological polar surface area (TPSA) is 58.6 Å². The minimum atomic E-state index is -0.896. The number of hydrogen-bond acceptors (Lipinski definition) is 3. The van der Waals surface area contributed by atoms with Crippen LogP contribution in [0.5, 0.6) is 0 Å². The van der Waals surface area contributed by atoms with E-state index in [0.717, 1.165) is 42.5 Å². The molecule has 2 aromatic rings. The van der Waals surface area contributed by atoms with E-state index in [1.165, 1.54) is 0 Å². The van der Waals surface area contributed by atoms with Gasteiger partial charge in [-0.2, -0.15) is 0 Å². The lowest BCUT2D eigenvalue weighted by molar-refractivity contribution is 0.0699. The highest BCUT2D eigenvalue weighted by molar-refractivity contribution is 6.07. The van der Waals surface area contributed by atoms with Crippen LogP contribution in [0.3, 0.4) is 0 Å². The summed E-state index contributed by atoms with van der Waals surface area (Å²) < 4.78 is 5.01. The van der Waals surface area contributed by atoms with Crippen LogP contribution >= 0.6 is 0 Å². The molecule has 0 unspecified atom stereocenters. The van der Waals surface area contributed by atoms with Crippen molar-refractivity contribution >= 4 is 22.4 Å². The molecule has 0 bridgehead atoms. The number of carbonyl (C=O) groups is 1. The number of aromatic carboxylic acids is 1. The Morgan fingerprint density at radius 3 is 2.60 bits per heavy atom. The number of nitrogens with one attached hydrogen (secondary N) is 1. The molecule has 106 valence electrons. The van der Waals surface area contributed by atoms with Gasteiger partial charge in [0.25, 0.3) is 0 Å². The van der Waals surface area contributed by atoms with Gasteiger partial charge in [-0.05, 0) is 30.4 Å². The smallest absolute Gasteiger partial charge is 0.336 e. The molecule has 4 heteroatoms. The summed E-state index contributed by atoms with van der Waals surface area (Å²) in [6.07, 6.45) is 2.03.